The maximum atomic E-state index is 12.7. The minimum absolute atomic E-state index is 0.0349. The minimum atomic E-state index is -0.915. The van der Waals surface area contributed by atoms with E-state index in [1.807, 2.05) is 30.3 Å². The summed E-state index contributed by atoms with van der Waals surface area (Å²) in [6, 6.07) is 11.5. The predicted molar refractivity (Wildman–Crippen MR) is 100 cm³/mol. The Balaban J connectivity index is 2.07. The molecule has 27 heavy (non-hydrogen) atoms. The van der Waals surface area contributed by atoms with Crippen LogP contribution < -0.4 is 10.6 Å². The van der Waals surface area contributed by atoms with Gasteiger partial charge in [0.2, 0.25) is 5.91 Å². The van der Waals surface area contributed by atoms with E-state index in [0.717, 1.165) is 5.56 Å². The third-order valence-electron chi connectivity index (χ3n) is 4.01. The van der Waals surface area contributed by atoms with Crippen LogP contribution in [0, 0.1) is 0 Å². The molecule has 2 unspecified atom stereocenters. The van der Waals surface area contributed by atoms with Crippen LogP contribution in [0.3, 0.4) is 0 Å². The lowest BCUT2D eigenvalue weighted by molar-refractivity contribution is -0.137. The monoisotopic (exact) mass is 369 g/mol. The summed E-state index contributed by atoms with van der Waals surface area (Å²) in [6.07, 6.45) is 3.60. The Kier molecular flexibility index (Phi) is 7.49. The van der Waals surface area contributed by atoms with E-state index in [4.69, 9.17) is 5.11 Å². The van der Waals surface area contributed by atoms with Crippen molar-refractivity contribution in [2.75, 3.05) is 0 Å². The molecule has 0 aliphatic heterocycles. The Hall–Kier alpha value is -3.22. The van der Waals surface area contributed by atoms with Gasteiger partial charge in [0.25, 0.3) is 5.91 Å². The fourth-order valence-corrected chi connectivity index (χ4v) is 2.55. The number of pyridine rings is 1. The number of rotatable bonds is 9. The quantitative estimate of drug-likeness (QED) is 0.624. The lowest BCUT2D eigenvalue weighted by atomic mass is 10.0. The van der Waals surface area contributed by atoms with Gasteiger partial charge in [-0.05, 0) is 31.0 Å². The normalized spacial score (nSPS) is 12.6. The van der Waals surface area contributed by atoms with Crippen LogP contribution in [0.1, 0.15) is 35.7 Å². The van der Waals surface area contributed by atoms with Crippen molar-refractivity contribution in [2.24, 2.45) is 0 Å². The Morgan fingerprint density at radius 1 is 1.07 bits per heavy atom. The van der Waals surface area contributed by atoms with Crippen LogP contribution in [0.5, 0.6) is 0 Å². The number of aromatic nitrogens is 1. The van der Waals surface area contributed by atoms with E-state index in [1.165, 1.54) is 6.20 Å². The summed E-state index contributed by atoms with van der Waals surface area (Å²) in [6.45, 7) is 1.74. The second-order valence-corrected chi connectivity index (χ2v) is 6.30. The van der Waals surface area contributed by atoms with Crippen LogP contribution in [-0.4, -0.2) is 40.0 Å². The van der Waals surface area contributed by atoms with Gasteiger partial charge in [-0.3, -0.25) is 19.4 Å². The van der Waals surface area contributed by atoms with E-state index in [2.05, 4.69) is 15.6 Å². The molecule has 1 heterocycles. The van der Waals surface area contributed by atoms with Crippen molar-refractivity contribution < 1.29 is 19.5 Å². The molecule has 0 saturated heterocycles. The van der Waals surface area contributed by atoms with E-state index in [0.29, 0.717) is 18.4 Å². The van der Waals surface area contributed by atoms with Crippen molar-refractivity contribution >= 4 is 17.8 Å². The molecule has 2 aromatic rings. The lowest BCUT2D eigenvalue weighted by Gasteiger charge is -2.21. The molecule has 0 saturated carbocycles. The lowest BCUT2D eigenvalue weighted by Crippen LogP contribution is -2.50. The first-order valence-corrected chi connectivity index (χ1v) is 8.72. The van der Waals surface area contributed by atoms with Gasteiger partial charge < -0.3 is 15.7 Å². The van der Waals surface area contributed by atoms with Gasteiger partial charge in [-0.1, -0.05) is 30.3 Å². The molecule has 0 aliphatic carbocycles. The van der Waals surface area contributed by atoms with Crippen LogP contribution in [0.2, 0.25) is 0 Å². The van der Waals surface area contributed by atoms with Crippen molar-refractivity contribution in [3.63, 3.8) is 0 Å². The van der Waals surface area contributed by atoms with Gasteiger partial charge in [-0.2, -0.15) is 0 Å². The van der Waals surface area contributed by atoms with Crippen molar-refractivity contribution in [3.8, 4) is 0 Å². The van der Waals surface area contributed by atoms with Gasteiger partial charge in [-0.25, -0.2) is 0 Å². The molecule has 3 N–H and O–H groups in total. The molecule has 7 heteroatoms. The summed E-state index contributed by atoms with van der Waals surface area (Å²) < 4.78 is 0. The molecule has 2 rings (SSSR count). The molecule has 0 aliphatic rings. The highest BCUT2D eigenvalue weighted by molar-refractivity contribution is 5.97. The summed E-state index contributed by atoms with van der Waals surface area (Å²) >= 11 is 0. The van der Waals surface area contributed by atoms with E-state index in [-0.39, 0.29) is 18.4 Å². The van der Waals surface area contributed by atoms with Gasteiger partial charge in [0.05, 0.1) is 5.56 Å². The topological polar surface area (TPSA) is 108 Å². The first-order valence-electron chi connectivity index (χ1n) is 8.72. The van der Waals surface area contributed by atoms with Crippen molar-refractivity contribution in [2.45, 2.75) is 38.3 Å². The van der Waals surface area contributed by atoms with Crippen molar-refractivity contribution in [1.29, 1.82) is 0 Å². The van der Waals surface area contributed by atoms with Crippen LogP contribution >= 0.6 is 0 Å². The molecule has 7 nitrogen and oxygen atoms in total. The summed E-state index contributed by atoms with van der Waals surface area (Å²) in [4.78, 5) is 39.7. The van der Waals surface area contributed by atoms with E-state index in [9.17, 15) is 14.4 Å². The van der Waals surface area contributed by atoms with Crippen LogP contribution in [0.4, 0.5) is 0 Å². The highest BCUT2D eigenvalue weighted by Crippen LogP contribution is 2.06. The summed E-state index contributed by atoms with van der Waals surface area (Å²) in [7, 11) is 0. The van der Waals surface area contributed by atoms with E-state index < -0.39 is 17.9 Å². The number of nitrogens with zero attached hydrogens (tertiary/aromatic N) is 1. The fraction of sp³-hybridized carbons (Fsp3) is 0.300. The van der Waals surface area contributed by atoms with Crippen LogP contribution in [-0.2, 0) is 16.0 Å². The number of carboxylic acids is 1. The number of hydrogen-bond donors (Lipinski definition) is 3. The number of carbonyl (C=O) groups excluding carboxylic acids is 2. The number of amides is 2. The number of hydrogen-bond acceptors (Lipinski definition) is 4. The molecule has 1 aromatic heterocycles. The van der Waals surface area contributed by atoms with Crippen molar-refractivity contribution in [1.82, 2.24) is 15.6 Å². The van der Waals surface area contributed by atoms with Gasteiger partial charge in [0.1, 0.15) is 6.04 Å². The number of aliphatic carboxylic acids is 1. The zero-order chi connectivity index (χ0) is 19.6. The number of benzene rings is 1. The SMILES string of the molecule is CC(CCC(=O)O)NC(=O)C(Cc1ccccc1)NC(=O)c1cccnc1. The van der Waals surface area contributed by atoms with E-state index >= 15 is 0 Å². The molecular formula is C20H23N3O4. The first-order chi connectivity index (χ1) is 13.0. The summed E-state index contributed by atoms with van der Waals surface area (Å²) in [5, 5.41) is 14.3. The predicted octanol–water partition coefficient (Wildman–Crippen LogP) is 1.79. The second-order valence-electron chi connectivity index (χ2n) is 6.30. The Labute approximate surface area is 157 Å². The van der Waals surface area contributed by atoms with Crippen LogP contribution in [0.15, 0.2) is 54.9 Å². The fourth-order valence-electron chi connectivity index (χ4n) is 2.55. The molecule has 0 fully saturated rings. The molecule has 0 bridgehead atoms. The largest absolute Gasteiger partial charge is 0.481 e. The zero-order valence-corrected chi connectivity index (χ0v) is 15.1. The summed E-state index contributed by atoms with van der Waals surface area (Å²) in [5.74, 6) is -1.66. The van der Waals surface area contributed by atoms with Gasteiger partial charge >= 0.3 is 5.97 Å². The maximum absolute atomic E-state index is 12.7. The number of nitrogens with one attached hydrogen (secondary N) is 2. The smallest absolute Gasteiger partial charge is 0.303 e. The highest BCUT2D eigenvalue weighted by atomic mass is 16.4. The molecule has 0 radical (unpaired) electrons. The first kappa shape index (κ1) is 20.1. The third kappa shape index (κ3) is 6.89. The average molecular weight is 369 g/mol. The Morgan fingerprint density at radius 2 is 1.81 bits per heavy atom. The van der Waals surface area contributed by atoms with Gasteiger partial charge in [0.15, 0.2) is 0 Å². The van der Waals surface area contributed by atoms with Crippen LogP contribution in [0.25, 0.3) is 0 Å². The molecular weight excluding hydrogens is 346 g/mol. The van der Waals surface area contributed by atoms with Gasteiger partial charge in [0, 0.05) is 31.3 Å². The zero-order valence-electron chi connectivity index (χ0n) is 15.1. The third-order valence-corrected chi connectivity index (χ3v) is 4.01. The molecule has 1 aromatic carbocycles. The molecule has 0 spiro atoms. The molecule has 2 amide bonds. The van der Waals surface area contributed by atoms with Crippen molar-refractivity contribution in [3.05, 3.63) is 66.0 Å². The Bertz CT molecular complexity index is 765. The average Bonchev–Trinajstić information content (AvgIpc) is 2.67. The Morgan fingerprint density at radius 3 is 2.44 bits per heavy atom. The standard InChI is InChI=1S/C20H23N3O4/c1-14(9-10-18(24)25)22-20(27)17(12-15-6-3-2-4-7-15)23-19(26)16-8-5-11-21-13-16/h2-8,11,13-14,17H,9-10,12H2,1H3,(H,22,27)(H,23,26)(H,24,25). The number of carboxylic acid groups (broad SMARTS) is 1. The molecule has 142 valence electrons. The summed E-state index contributed by atoms with van der Waals surface area (Å²) in [5.41, 5.74) is 1.27. The number of carbonyl (C=O) groups is 3. The molecule has 2 atom stereocenters. The maximum Gasteiger partial charge on any atom is 0.303 e. The second kappa shape index (κ2) is 10.1. The highest BCUT2D eigenvalue weighted by Gasteiger charge is 2.23. The minimum Gasteiger partial charge on any atom is -0.481 e. The van der Waals surface area contributed by atoms with E-state index in [1.54, 1.807) is 25.3 Å². The van der Waals surface area contributed by atoms with Gasteiger partial charge in [-0.15, -0.1) is 0 Å².